The maximum Gasteiger partial charge on any atom is 0.269 e. The normalized spacial score (nSPS) is 10.6. The van der Waals surface area contributed by atoms with Gasteiger partial charge < -0.3 is 4.90 Å². The standard InChI is InChI=1S/C18H15ClN4O3S/c1-21(14-5-7-15(8-6-14)23(25)26)17(24)12-27-18-20-9-10-22(18)16-4-2-3-13(19)11-16/h2-11H,12H2,1H3. The van der Waals surface area contributed by atoms with Crippen molar-refractivity contribution in [2.75, 3.05) is 17.7 Å². The predicted molar refractivity (Wildman–Crippen MR) is 106 cm³/mol. The van der Waals surface area contributed by atoms with Gasteiger partial charge in [0.1, 0.15) is 0 Å². The average molecular weight is 403 g/mol. The summed E-state index contributed by atoms with van der Waals surface area (Å²) in [5, 5.41) is 12.0. The first-order chi connectivity index (χ1) is 13.0. The molecule has 0 spiro atoms. The van der Waals surface area contributed by atoms with Crippen LogP contribution in [-0.4, -0.2) is 33.2 Å². The van der Waals surface area contributed by atoms with E-state index in [1.165, 1.54) is 28.8 Å². The Morgan fingerprint density at radius 3 is 2.70 bits per heavy atom. The summed E-state index contributed by atoms with van der Waals surface area (Å²) in [4.78, 5) is 28.5. The Bertz CT molecular complexity index is 975. The van der Waals surface area contributed by atoms with Crippen LogP contribution in [-0.2, 0) is 4.79 Å². The van der Waals surface area contributed by atoms with Gasteiger partial charge in [-0.05, 0) is 30.3 Å². The fourth-order valence-corrected chi connectivity index (χ4v) is 3.46. The van der Waals surface area contributed by atoms with E-state index in [2.05, 4.69) is 4.98 Å². The Kier molecular flexibility index (Phi) is 5.78. The second-order valence-corrected chi connectivity index (χ2v) is 6.95. The molecule has 9 heteroatoms. The Balaban J connectivity index is 1.67. The van der Waals surface area contributed by atoms with Crippen molar-refractivity contribution in [3.63, 3.8) is 0 Å². The molecule has 0 bridgehead atoms. The zero-order valence-electron chi connectivity index (χ0n) is 14.3. The van der Waals surface area contributed by atoms with Gasteiger partial charge in [-0.2, -0.15) is 0 Å². The number of hydrogen-bond acceptors (Lipinski definition) is 5. The van der Waals surface area contributed by atoms with Crippen LogP contribution in [0.4, 0.5) is 11.4 Å². The average Bonchev–Trinajstić information content (AvgIpc) is 3.14. The van der Waals surface area contributed by atoms with Crippen molar-refractivity contribution in [2.45, 2.75) is 5.16 Å². The van der Waals surface area contributed by atoms with Gasteiger partial charge in [0.2, 0.25) is 5.91 Å². The number of benzene rings is 2. The molecular formula is C18H15ClN4O3S. The molecule has 0 saturated carbocycles. The van der Waals surface area contributed by atoms with E-state index in [-0.39, 0.29) is 17.3 Å². The zero-order chi connectivity index (χ0) is 19.4. The number of rotatable bonds is 6. The topological polar surface area (TPSA) is 81.3 Å². The van der Waals surface area contributed by atoms with Crippen LogP contribution in [0.3, 0.4) is 0 Å². The molecule has 7 nitrogen and oxygen atoms in total. The highest BCUT2D eigenvalue weighted by Crippen LogP contribution is 2.24. The third-order valence-corrected chi connectivity index (χ3v) is 5.03. The summed E-state index contributed by atoms with van der Waals surface area (Å²) in [6, 6.07) is 13.2. The maximum atomic E-state index is 12.5. The summed E-state index contributed by atoms with van der Waals surface area (Å²) in [7, 11) is 1.63. The molecule has 2 aromatic carbocycles. The van der Waals surface area contributed by atoms with Crippen LogP contribution in [0.15, 0.2) is 66.1 Å². The molecular weight excluding hydrogens is 388 g/mol. The van der Waals surface area contributed by atoms with E-state index >= 15 is 0 Å². The molecule has 0 aliphatic heterocycles. The number of anilines is 1. The largest absolute Gasteiger partial charge is 0.315 e. The molecule has 0 aliphatic carbocycles. The van der Waals surface area contributed by atoms with E-state index < -0.39 is 4.92 Å². The molecule has 1 heterocycles. The van der Waals surface area contributed by atoms with Crippen molar-refractivity contribution >= 4 is 40.6 Å². The van der Waals surface area contributed by atoms with Crippen LogP contribution < -0.4 is 4.90 Å². The van der Waals surface area contributed by atoms with E-state index in [1.54, 1.807) is 37.6 Å². The predicted octanol–water partition coefficient (Wildman–Crippen LogP) is 4.19. The highest BCUT2D eigenvalue weighted by atomic mass is 35.5. The number of nitro benzene ring substituents is 1. The fraction of sp³-hybridized carbons (Fsp3) is 0.111. The third-order valence-electron chi connectivity index (χ3n) is 3.84. The summed E-state index contributed by atoms with van der Waals surface area (Å²) >= 11 is 7.34. The lowest BCUT2D eigenvalue weighted by molar-refractivity contribution is -0.384. The van der Waals surface area contributed by atoms with E-state index in [4.69, 9.17) is 11.6 Å². The lowest BCUT2D eigenvalue weighted by Gasteiger charge is -2.17. The molecule has 1 amide bonds. The van der Waals surface area contributed by atoms with Crippen LogP contribution in [0, 0.1) is 10.1 Å². The number of amides is 1. The lowest BCUT2D eigenvalue weighted by Crippen LogP contribution is -2.28. The minimum Gasteiger partial charge on any atom is -0.315 e. The van der Waals surface area contributed by atoms with Gasteiger partial charge >= 0.3 is 0 Å². The van der Waals surface area contributed by atoms with Crippen molar-refractivity contribution in [3.8, 4) is 5.69 Å². The Morgan fingerprint density at radius 2 is 2.04 bits per heavy atom. The van der Waals surface area contributed by atoms with Crippen LogP contribution in [0.2, 0.25) is 5.02 Å². The summed E-state index contributed by atoms with van der Waals surface area (Å²) in [6.45, 7) is 0. The quantitative estimate of drug-likeness (QED) is 0.351. The number of carbonyl (C=O) groups is 1. The van der Waals surface area contributed by atoms with Gasteiger partial charge in [-0.1, -0.05) is 29.4 Å². The summed E-state index contributed by atoms with van der Waals surface area (Å²) in [5.41, 5.74) is 1.43. The van der Waals surface area contributed by atoms with Gasteiger partial charge in [-0.15, -0.1) is 0 Å². The molecule has 138 valence electrons. The molecule has 3 aromatic rings. The molecule has 0 fully saturated rings. The third kappa shape index (κ3) is 4.47. The van der Waals surface area contributed by atoms with Crippen LogP contribution >= 0.6 is 23.4 Å². The minimum atomic E-state index is -0.475. The van der Waals surface area contributed by atoms with Gasteiger partial charge in [-0.25, -0.2) is 4.98 Å². The lowest BCUT2D eigenvalue weighted by atomic mass is 10.2. The van der Waals surface area contributed by atoms with Gasteiger partial charge in [0.05, 0.1) is 10.7 Å². The van der Waals surface area contributed by atoms with Crippen LogP contribution in [0.1, 0.15) is 0 Å². The molecule has 0 atom stereocenters. The first kappa shape index (κ1) is 18.9. The van der Waals surface area contributed by atoms with Crippen molar-refractivity contribution in [1.82, 2.24) is 9.55 Å². The van der Waals surface area contributed by atoms with Crippen molar-refractivity contribution < 1.29 is 9.72 Å². The molecule has 0 unspecified atom stereocenters. The molecule has 3 rings (SSSR count). The number of nitro groups is 1. The van der Waals surface area contributed by atoms with Crippen LogP contribution in [0.5, 0.6) is 0 Å². The number of halogens is 1. The SMILES string of the molecule is CN(C(=O)CSc1nccn1-c1cccc(Cl)c1)c1ccc([N+](=O)[O-])cc1. The summed E-state index contributed by atoms with van der Waals surface area (Å²) in [5.74, 6) is 0.0277. The van der Waals surface area contributed by atoms with E-state index in [9.17, 15) is 14.9 Å². The fourth-order valence-electron chi connectivity index (χ4n) is 2.38. The molecule has 0 N–H and O–H groups in total. The maximum absolute atomic E-state index is 12.5. The highest BCUT2D eigenvalue weighted by Gasteiger charge is 2.15. The number of imidazole rings is 1. The highest BCUT2D eigenvalue weighted by molar-refractivity contribution is 7.99. The number of carbonyl (C=O) groups excluding carboxylic acids is 1. The van der Waals surface area contributed by atoms with E-state index in [0.717, 1.165) is 5.69 Å². The first-order valence-electron chi connectivity index (χ1n) is 7.89. The van der Waals surface area contributed by atoms with Crippen molar-refractivity contribution in [3.05, 3.63) is 76.1 Å². The minimum absolute atomic E-state index is 0.0162. The van der Waals surface area contributed by atoms with Gasteiger partial charge in [0.25, 0.3) is 5.69 Å². The Hall–Kier alpha value is -2.84. The summed E-state index contributed by atoms with van der Waals surface area (Å²) < 4.78 is 1.86. The molecule has 0 radical (unpaired) electrons. The van der Waals surface area contributed by atoms with E-state index in [0.29, 0.717) is 15.9 Å². The summed E-state index contributed by atoms with van der Waals surface area (Å²) in [6.07, 6.45) is 3.46. The van der Waals surface area contributed by atoms with Gasteiger partial charge in [-0.3, -0.25) is 19.5 Å². The van der Waals surface area contributed by atoms with Gasteiger partial charge in [0.15, 0.2) is 5.16 Å². The van der Waals surface area contributed by atoms with Crippen molar-refractivity contribution in [2.24, 2.45) is 0 Å². The van der Waals surface area contributed by atoms with Gasteiger partial charge in [0, 0.05) is 48.0 Å². The van der Waals surface area contributed by atoms with Crippen molar-refractivity contribution in [1.29, 1.82) is 0 Å². The van der Waals surface area contributed by atoms with E-state index in [1.807, 2.05) is 22.8 Å². The molecule has 0 aliphatic rings. The molecule has 27 heavy (non-hydrogen) atoms. The second kappa shape index (κ2) is 8.24. The Labute approximate surface area is 164 Å². The smallest absolute Gasteiger partial charge is 0.269 e. The Morgan fingerprint density at radius 1 is 1.30 bits per heavy atom. The molecule has 1 aromatic heterocycles. The number of thioether (sulfide) groups is 1. The zero-order valence-corrected chi connectivity index (χ0v) is 15.9. The number of non-ortho nitro benzene ring substituents is 1. The number of aromatic nitrogens is 2. The number of hydrogen-bond donors (Lipinski definition) is 0. The van der Waals surface area contributed by atoms with Crippen LogP contribution in [0.25, 0.3) is 5.69 Å². The molecule has 0 saturated heterocycles. The second-order valence-electron chi connectivity index (χ2n) is 5.57. The number of nitrogens with zero attached hydrogens (tertiary/aromatic N) is 4. The monoisotopic (exact) mass is 402 g/mol. The first-order valence-corrected chi connectivity index (χ1v) is 9.25.